The van der Waals surface area contributed by atoms with Gasteiger partial charge in [-0.25, -0.2) is 9.79 Å². The van der Waals surface area contributed by atoms with Gasteiger partial charge in [-0.05, 0) is 73.5 Å². The van der Waals surface area contributed by atoms with Crippen LogP contribution in [0.2, 0.25) is 5.02 Å². The van der Waals surface area contributed by atoms with E-state index >= 15 is 0 Å². The first-order chi connectivity index (χ1) is 21.4. The average Bonchev–Trinajstić information content (AvgIpc) is 3.35. The van der Waals surface area contributed by atoms with Crippen LogP contribution in [0.5, 0.6) is 17.2 Å². The first-order valence-corrected chi connectivity index (χ1v) is 15.0. The Hall–Kier alpha value is -4.85. The summed E-state index contributed by atoms with van der Waals surface area (Å²) in [5.74, 6) is 0.972. The van der Waals surface area contributed by atoms with E-state index in [1.54, 1.807) is 54.6 Å². The molecule has 3 aromatic carbocycles. The Morgan fingerprint density at radius 3 is 2.45 bits per heavy atom. The molecule has 44 heavy (non-hydrogen) atoms. The Bertz CT molecular complexity index is 1960. The molecule has 0 spiro atoms. The number of aromatic nitrogens is 1. The number of methoxy groups -OCH3 is 1. The molecular formula is C33H28ClN3O6S. The predicted molar refractivity (Wildman–Crippen MR) is 167 cm³/mol. The van der Waals surface area contributed by atoms with E-state index in [1.165, 1.54) is 29.2 Å². The molecule has 0 saturated heterocycles. The Kier molecular flexibility index (Phi) is 9.48. The van der Waals surface area contributed by atoms with Gasteiger partial charge in [0.15, 0.2) is 16.3 Å². The highest BCUT2D eigenvalue weighted by molar-refractivity contribution is 7.07. The molecule has 0 bridgehead atoms. The summed E-state index contributed by atoms with van der Waals surface area (Å²) in [6.45, 7) is 4.84. The second-order valence-electron chi connectivity index (χ2n) is 9.53. The van der Waals surface area contributed by atoms with Gasteiger partial charge in [0.25, 0.3) is 5.56 Å². The van der Waals surface area contributed by atoms with Gasteiger partial charge in [0.2, 0.25) is 0 Å². The molecule has 5 rings (SSSR count). The number of thiazole rings is 1. The smallest absolute Gasteiger partial charge is 0.337 e. The van der Waals surface area contributed by atoms with Crippen molar-refractivity contribution in [1.29, 1.82) is 5.26 Å². The quantitative estimate of drug-likeness (QED) is 0.229. The molecule has 0 saturated carbocycles. The van der Waals surface area contributed by atoms with Crippen molar-refractivity contribution in [2.75, 3.05) is 20.3 Å². The van der Waals surface area contributed by atoms with Crippen LogP contribution in [0, 0.1) is 11.3 Å². The van der Waals surface area contributed by atoms with Gasteiger partial charge in [-0.2, -0.15) is 5.26 Å². The van der Waals surface area contributed by atoms with E-state index in [0.717, 1.165) is 5.56 Å². The SMILES string of the molecule is CCOc1ccc([C@H]2C(C(=O)OC)=CN=c3s/c(=C/c4cc(Cl)ccc4OCc4ccc(C#N)cc4)c(=O)n32)cc1OCC. The maximum atomic E-state index is 14.0. The van der Waals surface area contributed by atoms with Crippen LogP contribution in [-0.2, 0) is 16.1 Å². The summed E-state index contributed by atoms with van der Waals surface area (Å²) in [5.41, 5.74) is 2.52. The predicted octanol–water partition coefficient (Wildman–Crippen LogP) is 4.92. The molecule has 0 radical (unpaired) electrons. The lowest BCUT2D eigenvalue weighted by Gasteiger charge is -2.23. The fraction of sp³-hybridized carbons (Fsp3) is 0.212. The number of benzene rings is 3. The van der Waals surface area contributed by atoms with Gasteiger partial charge < -0.3 is 18.9 Å². The second-order valence-corrected chi connectivity index (χ2v) is 11.0. The number of fused-ring (bicyclic) bond motifs is 1. The number of nitrogens with zero attached hydrogens (tertiary/aromatic N) is 3. The van der Waals surface area contributed by atoms with Crippen molar-refractivity contribution >= 4 is 35.0 Å². The van der Waals surface area contributed by atoms with Crippen molar-refractivity contribution in [1.82, 2.24) is 4.57 Å². The highest BCUT2D eigenvalue weighted by Crippen LogP contribution is 2.35. The topological polar surface area (TPSA) is 112 Å². The van der Waals surface area contributed by atoms with Gasteiger partial charge in [-0.1, -0.05) is 41.1 Å². The summed E-state index contributed by atoms with van der Waals surface area (Å²) in [4.78, 5) is 31.8. The zero-order valence-corrected chi connectivity index (χ0v) is 25.8. The van der Waals surface area contributed by atoms with Gasteiger partial charge in [0.05, 0.1) is 48.1 Å². The molecule has 9 nitrogen and oxygen atoms in total. The molecule has 0 N–H and O–H groups in total. The fourth-order valence-corrected chi connectivity index (χ4v) is 5.87. The number of rotatable bonds is 10. The van der Waals surface area contributed by atoms with Crippen LogP contribution in [0.4, 0.5) is 0 Å². The zero-order chi connectivity index (χ0) is 31.2. The van der Waals surface area contributed by atoms with Crippen LogP contribution in [-0.4, -0.2) is 30.9 Å². The molecule has 0 fully saturated rings. The molecule has 2 heterocycles. The van der Waals surface area contributed by atoms with E-state index in [-0.39, 0.29) is 17.7 Å². The molecule has 0 aliphatic carbocycles. The maximum absolute atomic E-state index is 14.0. The summed E-state index contributed by atoms with van der Waals surface area (Å²) in [5, 5.41) is 9.53. The minimum Gasteiger partial charge on any atom is -0.490 e. The van der Waals surface area contributed by atoms with Crippen molar-refractivity contribution in [3.05, 3.63) is 119 Å². The van der Waals surface area contributed by atoms with Crippen LogP contribution >= 0.6 is 22.9 Å². The molecule has 224 valence electrons. The summed E-state index contributed by atoms with van der Waals surface area (Å²) in [6, 6.07) is 18.9. The number of carbonyl (C=O) groups is 1. The van der Waals surface area contributed by atoms with Crippen molar-refractivity contribution < 1.29 is 23.7 Å². The summed E-state index contributed by atoms with van der Waals surface area (Å²) >= 11 is 7.52. The Labute approximate surface area is 262 Å². The molecule has 1 aliphatic heterocycles. The summed E-state index contributed by atoms with van der Waals surface area (Å²) < 4.78 is 24.5. The first kappa shape index (κ1) is 30.6. The van der Waals surface area contributed by atoms with Crippen LogP contribution in [0.15, 0.2) is 82.2 Å². The lowest BCUT2D eigenvalue weighted by molar-refractivity contribution is -0.136. The third kappa shape index (κ3) is 6.39. The molecule has 0 unspecified atom stereocenters. The second kappa shape index (κ2) is 13.6. The van der Waals surface area contributed by atoms with Crippen molar-refractivity contribution in [2.24, 2.45) is 4.99 Å². The van der Waals surface area contributed by atoms with Gasteiger partial charge in [0.1, 0.15) is 12.4 Å². The number of ether oxygens (including phenoxy) is 4. The Balaban J connectivity index is 1.58. The van der Waals surface area contributed by atoms with E-state index in [1.807, 2.05) is 26.0 Å². The number of esters is 1. The Morgan fingerprint density at radius 2 is 1.75 bits per heavy atom. The summed E-state index contributed by atoms with van der Waals surface area (Å²) in [6.07, 6.45) is 3.14. The monoisotopic (exact) mass is 629 g/mol. The van der Waals surface area contributed by atoms with Crippen molar-refractivity contribution in [2.45, 2.75) is 26.5 Å². The maximum Gasteiger partial charge on any atom is 0.337 e. The normalized spacial score (nSPS) is 14.1. The molecule has 1 aliphatic rings. The standard InChI is InChI=1S/C33H28ClN3O6S/c1-4-41-27-12-10-22(15-28(27)42-5-2)30-25(32(39)40-3)18-36-33-37(30)31(38)29(44-33)16-23-14-24(34)11-13-26(23)43-19-21-8-6-20(17-35)7-9-21/h6-16,18,30H,4-5,19H2,1-3H3/b29-16+/t30-/m0/s1. The van der Waals surface area contributed by atoms with E-state index in [9.17, 15) is 9.59 Å². The third-order valence-corrected chi connectivity index (χ3v) is 7.98. The molecular weight excluding hydrogens is 602 g/mol. The highest BCUT2D eigenvalue weighted by atomic mass is 35.5. The molecule has 4 aromatic rings. The Morgan fingerprint density at radius 1 is 1.02 bits per heavy atom. The highest BCUT2D eigenvalue weighted by Gasteiger charge is 2.31. The molecule has 1 aromatic heterocycles. The number of hydrogen-bond acceptors (Lipinski definition) is 9. The van der Waals surface area contributed by atoms with Crippen molar-refractivity contribution in [3.63, 3.8) is 0 Å². The minimum absolute atomic E-state index is 0.201. The lowest BCUT2D eigenvalue weighted by atomic mass is 9.97. The lowest BCUT2D eigenvalue weighted by Crippen LogP contribution is -2.39. The fourth-order valence-electron chi connectivity index (χ4n) is 4.73. The average molecular weight is 630 g/mol. The van der Waals surface area contributed by atoms with Crippen LogP contribution in [0.1, 0.15) is 42.1 Å². The minimum atomic E-state index is -0.817. The van der Waals surface area contributed by atoms with Crippen LogP contribution < -0.4 is 29.1 Å². The number of carbonyl (C=O) groups excluding carboxylic acids is 1. The van der Waals surface area contributed by atoms with E-state index < -0.39 is 12.0 Å². The number of halogens is 1. The first-order valence-electron chi connectivity index (χ1n) is 13.8. The number of hydrogen-bond donors (Lipinski definition) is 0. The van der Waals surface area contributed by atoms with Crippen molar-refractivity contribution in [3.8, 4) is 23.3 Å². The molecule has 1 atom stereocenters. The van der Waals surface area contributed by atoms with Gasteiger partial charge in [0, 0.05) is 16.8 Å². The van der Waals surface area contributed by atoms with E-state index in [0.29, 0.717) is 61.5 Å². The third-order valence-electron chi connectivity index (χ3n) is 6.74. The van der Waals surface area contributed by atoms with Gasteiger partial charge >= 0.3 is 5.97 Å². The number of nitriles is 1. The van der Waals surface area contributed by atoms with Crippen LogP contribution in [0.3, 0.4) is 0 Å². The largest absolute Gasteiger partial charge is 0.490 e. The zero-order valence-electron chi connectivity index (χ0n) is 24.2. The molecule has 11 heteroatoms. The summed E-state index contributed by atoms with van der Waals surface area (Å²) in [7, 11) is 1.29. The van der Waals surface area contributed by atoms with Crippen LogP contribution in [0.25, 0.3) is 6.08 Å². The van der Waals surface area contributed by atoms with E-state index in [4.69, 9.17) is 35.8 Å². The molecule has 0 amide bonds. The van der Waals surface area contributed by atoms with Gasteiger partial charge in [-0.15, -0.1) is 0 Å². The van der Waals surface area contributed by atoms with E-state index in [2.05, 4.69) is 11.1 Å². The van der Waals surface area contributed by atoms with Gasteiger partial charge in [-0.3, -0.25) is 9.36 Å².